The molecule has 1 nitrogen and oxygen atoms in total. The maximum Gasteiger partial charge on any atom is 0.0717 e. The Labute approximate surface area is 202 Å². The highest BCUT2D eigenvalue weighted by atomic mass is 15.1. The van der Waals surface area contributed by atoms with Crippen LogP contribution in [-0.4, -0.2) is 7.05 Å². The minimum Gasteiger partial charge on any atom is -0.344 e. The van der Waals surface area contributed by atoms with E-state index >= 15 is 0 Å². The number of fused-ring (bicyclic) bond motifs is 8. The summed E-state index contributed by atoms with van der Waals surface area (Å²) in [6.45, 7) is 2.24. The van der Waals surface area contributed by atoms with Crippen molar-refractivity contribution >= 4 is 22.5 Å². The van der Waals surface area contributed by atoms with Crippen LogP contribution < -0.4 is 4.90 Å². The molecule has 166 valence electrons. The van der Waals surface area contributed by atoms with Gasteiger partial charge in [0, 0.05) is 18.4 Å². The second kappa shape index (κ2) is 7.21. The Morgan fingerprint density at radius 3 is 2.15 bits per heavy atom. The average Bonchev–Trinajstić information content (AvgIpc) is 3.19. The SMILES string of the molecule is CC1=CC=C(c2cccc3c2C2=C(CCC=C2)C32c3ccccc3N(C)c3ccccc32)CC1. The Morgan fingerprint density at radius 1 is 0.735 bits per heavy atom. The molecule has 0 bridgehead atoms. The van der Waals surface area contributed by atoms with Crippen LogP contribution >= 0.6 is 0 Å². The largest absolute Gasteiger partial charge is 0.344 e. The molecule has 0 saturated carbocycles. The number of hydrogen-bond acceptors (Lipinski definition) is 1. The highest BCUT2D eigenvalue weighted by Gasteiger charge is 2.52. The Morgan fingerprint density at radius 2 is 1.44 bits per heavy atom. The van der Waals surface area contributed by atoms with Crippen molar-refractivity contribution in [3.8, 4) is 0 Å². The fraction of sp³-hybridized carbons (Fsp3) is 0.212. The van der Waals surface area contributed by atoms with E-state index in [4.69, 9.17) is 0 Å². The molecule has 0 amide bonds. The molecule has 1 spiro atoms. The fourth-order valence-electron chi connectivity index (χ4n) is 6.90. The lowest BCUT2D eigenvalue weighted by molar-refractivity contribution is 0.684. The van der Waals surface area contributed by atoms with Gasteiger partial charge in [-0.3, -0.25) is 0 Å². The zero-order valence-corrected chi connectivity index (χ0v) is 19.9. The third kappa shape index (κ3) is 2.45. The Kier molecular flexibility index (Phi) is 4.21. The van der Waals surface area contributed by atoms with Crippen LogP contribution in [0.1, 0.15) is 60.4 Å². The highest BCUT2D eigenvalue weighted by molar-refractivity contribution is 5.98. The summed E-state index contributed by atoms with van der Waals surface area (Å²) in [5.41, 5.74) is 15.6. The molecule has 0 aromatic heterocycles. The second-order valence-corrected chi connectivity index (χ2v) is 10.1. The first-order chi connectivity index (χ1) is 16.7. The first kappa shape index (κ1) is 19.9. The van der Waals surface area contributed by atoms with Crippen LogP contribution in [0, 0.1) is 0 Å². The molecule has 3 aromatic carbocycles. The molecule has 0 saturated heterocycles. The summed E-state index contributed by atoms with van der Waals surface area (Å²) < 4.78 is 0. The predicted molar refractivity (Wildman–Crippen MR) is 144 cm³/mol. The van der Waals surface area contributed by atoms with Crippen LogP contribution in [0.25, 0.3) is 11.1 Å². The lowest BCUT2D eigenvalue weighted by Gasteiger charge is -2.45. The van der Waals surface area contributed by atoms with Gasteiger partial charge in [0.15, 0.2) is 0 Å². The van der Waals surface area contributed by atoms with E-state index in [1.54, 1.807) is 5.57 Å². The Hall–Kier alpha value is -3.58. The van der Waals surface area contributed by atoms with E-state index in [0.29, 0.717) is 0 Å². The minimum atomic E-state index is -0.230. The number of benzene rings is 3. The number of nitrogens with zero attached hydrogens (tertiary/aromatic N) is 1. The van der Waals surface area contributed by atoms with Gasteiger partial charge in [0.05, 0.1) is 5.41 Å². The number of anilines is 2. The summed E-state index contributed by atoms with van der Waals surface area (Å²) >= 11 is 0. The van der Waals surface area contributed by atoms with Crippen molar-refractivity contribution in [2.75, 3.05) is 11.9 Å². The van der Waals surface area contributed by atoms with Gasteiger partial charge in [-0.05, 0) is 89.3 Å². The van der Waals surface area contributed by atoms with Gasteiger partial charge in [-0.2, -0.15) is 0 Å². The topological polar surface area (TPSA) is 3.24 Å². The maximum absolute atomic E-state index is 2.42. The monoisotopic (exact) mass is 439 g/mol. The minimum absolute atomic E-state index is 0.230. The molecule has 0 atom stereocenters. The molecule has 0 unspecified atom stereocenters. The normalized spacial score (nSPS) is 19.3. The number of rotatable bonds is 1. The summed E-state index contributed by atoms with van der Waals surface area (Å²) in [4.78, 5) is 2.38. The molecule has 3 aromatic rings. The first-order valence-electron chi connectivity index (χ1n) is 12.5. The van der Waals surface area contributed by atoms with Crippen LogP contribution in [0.3, 0.4) is 0 Å². The highest BCUT2D eigenvalue weighted by Crippen LogP contribution is 2.63. The lowest BCUT2D eigenvalue weighted by Crippen LogP contribution is -2.37. The van der Waals surface area contributed by atoms with E-state index < -0.39 is 0 Å². The van der Waals surface area contributed by atoms with E-state index in [-0.39, 0.29) is 5.41 Å². The van der Waals surface area contributed by atoms with Gasteiger partial charge >= 0.3 is 0 Å². The van der Waals surface area contributed by atoms with Crippen molar-refractivity contribution in [2.24, 2.45) is 0 Å². The summed E-state index contributed by atoms with van der Waals surface area (Å²) in [7, 11) is 2.22. The van der Waals surface area contributed by atoms with E-state index in [0.717, 1.165) is 25.7 Å². The van der Waals surface area contributed by atoms with Crippen molar-refractivity contribution < 1.29 is 0 Å². The summed E-state index contributed by atoms with van der Waals surface area (Å²) in [6.07, 6.45) is 14.0. The van der Waals surface area contributed by atoms with E-state index in [1.165, 1.54) is 55.9 Å². The van der Waals surface area contributed by atoms with Crippen LogP contribution in [0.5, 0.6) is 0 Å². The van der Waals surface area contributed by atoms with Crippen LogP contribution in [0.2, 0.25) is 0 Å². The summed E-state index contributed by atoms with van der Waals surface area (Å²) in [5.74, 6) is 0. The lowest BCUT2D eigenvalue weighted by atomic mass is 9.63. The van der Waals surface area contributed by atoms with Gasteiger partial charge in [0.25, 0.3) is 0 Å². The molecule has 0 fully saturated rings. The van der Waals surface area contributed by atoms with Gasteiger partial charge in [-0.15, -0.1) is 0 Å². The third-order valence-electron chi connectivity index (χ3n) is 8.40. The van der Waals surface area contributed by atoms with E-state index in [1.807, 2.05) is 0 Å². The van der Waals surface area contributed by atoms with Gasteiger partial charge in [0.2, 0.25) is 0 Å². The van der Waals surface area contributed by atoms with Crippen molar-refractivity contribution in [1.29, 1.82) is 0 Å². The molecular weight excluding hydrogens is 410 g/mol. The van der Waals surface area contributed by atoms with Crippen molar-refractivity contribution in [1.82, 2.24) is 0 Å². The zero-order chi connectivity index (χ0) is 22.9. The third-order valence-corrected chi connectivity index (χ3v) is 8.40. The maximum atomic E-state index is 2.42. The Balaban J connectivity index is 1.62. The van der Waals surface area contributed by atoms with Crippen LogP contribution in [-0.2, 0) is 5.41 Å². The number of para-hydroxylation sites is 2. The predicted octanol–water partition coefficient (Wildman–Crippen LogP) is 8.34. The molecule has 4 aliphatic rings. The van der Waals surface area contributed by atoms with Crippen molar-refractivity contribution in [3.05, 3.63) is 130 Å². The van der Waals surface area contributed by atoms with E-state index in [2.05, 4.69) is 110 Å². The molecule has 34 heavy (non-hydrogen) atoms. The molecule has 1 heteroatoms. The fourth-order valence-corrected chi connectivity index (χ4v) is 6.90. The molecule has 1 heterocycles. The van der Waals surface area contributed by atoms with Gasteiger partial charge in [-0.25, -0.2) is 0 Å². The van der Waals surface area contributed by atoms with Gasteiger partial charge in [0.1, 0.15) is 0 Å². The molecule has 0 N–H and O–H groups in total. The quantitative estimate of drug-likeness (QED) is 0.368. The molecule has 7 rings (SSSR count). The molecular formula is C33H29N. The zero-order valence-electron chi connectivity index (χ0n) is 19.9. The second-order valence-electron chi connectivity index (χ2n) is 10.1. The summed E-state index contributed by atoms with van der Waals surface area (Å²) in [5, 5.41) is 0. The molecule has 3 aliphatic carbocycles. The smallest absolute Gasteiger partial charge is 0.0717 e. The van der Waals surface area contributed by atoms with Crippen LogP contribution in [0.15, 0.2) is 102 Å². The molecule has 0 radical (unpaired) electrons. The first-order valence-corrected chi connectivity index (χ1v) is 12.5. The van der Waals surface area contributed by atoms with Crippen molar-refractivity contribution in [2.45, 2.75) is 38.0 Å². The molecule has 1 aliphatic heterocycles. The number of allylic oxidation sites excluding steroid dienone is 8. The van der Waals surface area contributed by atoms with Gasteiger partial charge in [-0.1, -0.05) is 84.5 Å². The van der Waals surface area contributed by atoms with Crippen LogP contribution in [0.4, 0.5) is 11.4 Å². The van der Waals surface area contributed by atoms with E-state index in [9.17, 15) is 0 Å². The standard InChI is InChI=1S/C33H29N/c1-22-18-20-23(21-19-22)24-11-9-15-29-32(24)25-10-3-4-12-26(25)33(29)27-13-5-7-16-30(27)34(2)31-17-8-6-14-28(31)33/h3,5-11,13-18,20H,4,12,19,21H2,1-2H3. The summed E-state index contributed by atoms with van der Waals surface area (Å²) in [6, 6.07) is 25.2. The van der Waals surface area contributed by atoms with Gasteiger partial charge < -0.3 is 4.90 Å². The average molecular weight is 440 g/mol. The number of hydrogen-bond donors (Lipinski definition) is 0. The van der Waals surface area contributed by atoms with Crippen molar-refractivity contribution in [3.63, 3.8) is 0 Å². The Bertz CT molecular complexity index is 1430.